The molecule has 10 aromatic carbocycles. The van der Waals surface area contributed by atoms with E-state index in [4.69, 9.17) is 72.2 Å². The molecular weight excluding hydrogens is 1090 g/mol. The molecule has 0 aliphatic carbocycles. The van der Waals surface area contributed by atoms with E-state index in [1.807, 2.05) is 173 Å². The first-order chi connectivity index (χ1) is 46.1. The van der Waals surface area contributed by atoms with Crippen LogP contribution in [-0.4, -0.2) is 48.2 Å². The van der Waals surface area contributed by atoms with E-state index in [2.05, 4.69) is 9.97 Å². The number of rotatable bonds is 7. The summed E-state index contributed by atoms with van der Waals surface area (Å²) in [4.78, 5) is 28.5. The van der Waals surface area contributed by atoms with Crippen molar-refractivity contribution in [2.24, 2.45) is 0 Å². The molecule has 1 aliphatic heterocycles. The van der Waals surface area contributed by atoms with Gasteiger partial charge in [-0.3, -0.25) is 0 Å². The van der Waals surface area contributed by atoms with Gasteiger partial charge >= 0.3 is 7.12 Å². The maximum absolute atomic E-state index is 8.70. The Labute approximate surface area is 510 Å². The molecule has 1 fully saturated rings. The predicted molar refractivity (Wildman–Crippen MR) is 342 cm³/mol. The van der Waals surface area contributed by atoms with Gasteiger partial charge in [-0.1, -0.05) is 157 Å². The Balaban J connectivity index is 0.000000153. The van der Waals surface area contributed by atoms with Crippen LogP contribution in [-0.2, 0) is 9.31 Å². The fraction of sp³-hybridized carbons (Fsp3) is 0.0833. The van der Waals surface area contributed by atoms with Gasteiger partial charge in [0.05, 0.1) is 36.0 Å². The molecule has 0 bridgehead atoms. The first-order valence-corrected chi connectivity index (χ1v) is 27.9. The zero-order valence-electron chi connectivity index (χ0n) is 56.1. The maximum atomic E-state index is 8.70. The molecule has 0 N–H and O–H groups in total. The maximum Gasteiger partial charge on any atom is 0.494 e. The summed E-state index contributed by atoms with van der Waals surface area (Å²) in [5.41, 5.74) is 6.98. The van der Waals surface area contributed by atoms with E-state index in [1.54, 1.807) is 12.1 Å². The molecule has 0 spiro atoms. The second kappa shape index (κ2) is 19.9. The van der Waals surface area contributed by atoms with Gasteiger partial charge in [-0.15, -0.1) is 0 Å². The number of fused-ring (bicyclic) bond motifs is 12. The van der Waals surface area contributed by atoms with Crippen molar-refractivity contribution in [3.8, 4) is 68.3 Å². The molecule has 0 atom stereocenters. The molecule has 1 aliphatic rings. The number of nitrogens with zero attached hydrogens (tertiary/aromatic N) is 6. The van der Waals surface area contributed by atoms with Crippen LogP contribution >= 0.6 is 11.6 Å². The van der Waals surface area contributed by atoms with E-state index in [9.17, 15) is 0 Å². The highest BCUT2D eigenvalue weighted by Crippen LogP contribution is 2.41. The molecule has 0 saturated carbocycles. The first-order valence-electron chi connectivity index (χ1n) is 32.5. The number of furan rings is 4. The molecule has 16 aromatic rings. The molecule has 17 rings (SSSR count). The molecule has 12 nitrogen and oxygen atoms in total. The van der Waals surface area contributed by atoms with E-state index in [0.717, 1.165) is 48.6 Å². The van der Waals surface area contributed by atoms with Crippen LogP contribution in [0.15, 0.2) is 236 Å². The summed E-state index contributed by atoms with van der Waals surface area (Å²) in [5.74, 6) is 0.755. The second-order valence-electron chi connectivity index (χ2n) is 21.8. The quantitative estimate of drug-likeness (QED) is 0.140. The van der Waals surface area contributed by atoms with Crippen molar-refractivity contribution in [3.63, 3.8) is 0 Å². The highest BCUT2D eigenvalue weighted by molar-refractivity contribution is 6.62. The minimum Gasteiger partial charge on any atom is -0.456 e. The molecule has 86 heavy (non-hydrogen) atoms. The first kappa shape index (κ1) is 41.7. The number of aromatic nitrogens is 6. The van der Waals surface area contributed by atoms with Crippen molar-refractivity contribution >= 4 is 112 Å². The monoisotopic (exact) mass is 1150 g/mol. The number of halogens is 1. The highest BCUT2D eigenvalue weighted by Gasteiger charge is 2.51. The topological polar surface area (TPSA) is 148 Å². The zero-order valence-corrected chi connectivity index (χ0v) is 46.9. The summed E-state index contributed by atoms with van der Waals surface area (Å²) in [5, 5.41) is 7.66. The SMILES string of the molecule is [2H]c1c([2H])c([2H])c(-c2nc(-c3ccc4c(c3)oc3ccc(B5OC(C)(C)C(C)(C)O5)cc34)nc(-c3cccc4c3oc3ccccc34)n2)c([2H])c1[2H].[2H]c1c([2H])c([2H])c(-c2nc(-c3ccc4c(c3)oc3ccc(Cl)cc34)nc(-c3cccc4c3oc3ccccc34)n2)c([2H])c1[2H]. The largest absolute Gasteiger partial charge is 0.494 e. The van der Waals surface area contributed by atoms with Crippen LogP contribution < -0.4 is 5.46 Å². The van der Waals surface area contributed by atoms with Crippen molar-refractivity contribution in [3.05, 3.63) is 223 Å². The molecule has 6 aromatic heterocycles. The van der Waals surface area contributed by atoms with E-state index in [-0.39, 0.29) is 46.1 Å². The van der Waals surface area contributed by atoms with Crippen molar-refractivity contribution in [1.82, 2.24) is 29.9 Å². The van der Waals surface area contributed by atoms with Gasteiger partial charge in [-0.25, -0.2) is 29.9 Å². The molecule has 7 heterocycles. The van der Waals surface area contributed by atoms with Gasteiger partial charge < -0.3 is 27.0 Å². The van der Waals surface area contributed by atoms with Crippen molar-refractivity contribution in [2.75, 3.05) is 0 Å². The normalized spacial score (nSPS) is 15.6. The molecule has 0 unspecified atom stereocenters. The third kappa shape index (κ3) is 8.77. The third-order valence-corrected chi connectivity index (χ3v) is 16.2. The average Bonchev–Trinajstić information content (AvgIpc) is 1.40. The van der Waals surface area contributed by atoms with Gasteiger partial charge in [0.2, 0.25) is 0 Å². The summed E-state index contributed by atoms with van der Waals surface area (Å²) in [6.07, 6.45) is 0. The van der Waals surface area contributed by atoms with Gasteiger partial charge in [-0.2, -0.15) is 0 Å². The third-order valence-electron chi connectivity index (χ3n) is 16.0. The van der Waals surface area contributed by atoms with Crippen LogP contribution in [0.3, 0.4) is 0 Å². The standard InChI is InChI=1S/C39H30BN3O4.C33H18ClN3O2/c1-38(2)39(3,4)47-40(46-38)25-18-20-32-30(22-25)27-19-17-24(21-33(27)44-32)36-41-35(23-11-6-5-7-12-23)42-37(43-36)29-15-10-14-28-26-13-8-9-16-31(26)45-34(28)29;34-21-14-16-28-26(18-21)23-15-13-20(17-29(23)38-28)32-35-31(19-7-2-1-3-8-19)36-33(37-32)25-11-6-10-24-22-9-4-5-12-27(22)39-30(24)25/h5-22H,1-4H3;1-18H/i5D,6D,7D,11D,12D;1D,2D,3D,7D,8D. The summed E-state index contributed by atoms with van der Waals surface area (Å²) >= 11 is 6.23. The highest BCUT2D eigenvalue weighted by atomic mass is 35.5. The van der Waals surface area contributed by atoms with E-state index < -0.39 is 78.7 Å². The van der Waals surface area contributed by atoms with Crippen molar-refractivity contribution in [2.45, 2.75) is 38.9 Å². The Kier molecular flexibility index (Phi) is 9.65. The van der Waals surface area contributed by atoms with Gasteiger partial charge in [0.15, 0.2) is 34.9 Å². The Morgan fingerprint density at radius 3 is 1.26 bits per heavy atom. The lowest BCUT2D eigenvalue weighted by Gasteiger charge is -2.32. The minimum atomic E-state index is -0.529. The van der Waals surface area contributed by atoms with Gasteiger partial charge in [0.25, 0.3) is 0 Å². The second-order valence-corrected chi connectivity index (χ2v) is 22.2. The van der Waals surface area contributed by atoms with E-state index in [1.165, 1.54) is 0 Å². The van der Waals surface area contributed by atoms with Crippen molar-refractivity contribution in [1.29, 1.82) is 0 Å². The van der Waals surface area contributed by atoms with Crippen LogP contribution in [0.25, 0.3) is 156 Å². The van der Waals surface area contributed by atoms with Crippen LogP contribution in [0, 0.1) is 0 Å². The Morgan fingerprint density at radius 2 is 0.756 bits per heavy atom. The van der Waals surface area contributed by atoms with Crippen LogP contribution in [0.4, 0.5) is 0 Å². The molecule has 14 heteroatoms. The summed E-state index contributed by atoms with van der Waals surface area (Å²) in [6.45, 7) is 8.08. The average molecular weight is 1150 g/mol. The number of para-hydroxylation sites is 4. The molecule has 0 amide bonds. The summed E-state index contributed by atoms with van der Waals surface area (Å²) in [6, 6.07) is 44.5. The summed E-state index contributed by atoms with van der Waals surface area (Å²) < 4.78 is 121. The lowest BCUT2D eigenvalue weighted by molar-refractivity contribution is 0.00578. The molecular formula is C72H48BClN6O6. The fourth-order valence-corrected chi connectivity index (χ4v) is 11.2. The zero-order chi connectivity index (χ0) is 66.5. The number of benzene rings is 10. The summed E-state index contributed by atoms with van der Waals surface area (Å²) in [7, 11) is -0.529. The lowest BCUT2D eigenvalue weighted by Crippen LogP contribution is -2.41. The smallest absolute Gasteiger partial charge is 0.456 e. The van der Waals surface area contributed by atoms with Gasteiger partial charge in [-0.05, 0) is 106 Å². The molecule has 412 valence electrons. The van der Waals surface area contributed by atoms with Gasteiger partial charge in [0, 0.05) is 70.4 Å². The fourth-order valence-electron chi connectivity index (χ4n) is 11.0. The van der Waals surface area contributed by atoms with E-state index in [0.29, 0.717) is 71.9 Å². The molecule has 1 saturated heterocycles. The van der Waals surface area contributed by atoms with Crippen LogP contribution in [0.1, 0.15) is 41.4 Å². The molecule has 0 radical (unpaired) electrons. The minimum absolute atomic E-state index is 0.0633. The van der Waals surface area contributed by atoms with Crippen LogP contribution in [0.2, 0.25) is 5.02 Å². The Hall–Kier alpha value is -10.3. The number of hydrogen-bond donors (Lipinski definition) is 0. The van der Waals surface area contributed by atoms with Gasteiger partial charge in [0.1, 0.15) is 44.7 Å². The van der Waals surface area contributed by atoms with Crippen LogP contribution in [0.5, 0.6) is 0 Å². The number of hydrogen-bond acceptors (Lipinski definition) is 12. The Bertz CT molecular complexity index is 5940. The Morgan fingerprint density at radius 1 is 0.349 bits per heavy atom. The van der Waals surface area contributed by atoms with E-state index >= 15 is 0 Å². The van der Waals surface area contributed by atoms with Crippen molar-refractivity contribution < 1.29 is 40.7 Å². The lowest BCUT2D eigenvalue weighted by atomic mass is 9.78. The predicted octanol–water partition coefficient (Wildman–Crippen LogP) is 18.3.